The average Bonchev–Trinajstić information content (AvgIpc) is 3.23. The minimum absolute atomic E-state index is 0.00216. The lowest BCUT2D eigenvalue weighted by Gasteiger charge is -2.33. The molecule has 0 aliphatic carbocycles. The monoisotopic (exact) mass is 433 g/mol. The number of rotatable bonds is 4. The van der Waals surface area contributed by atoms with Crippen molar-refractivity contribution in [3.05, 3.63) is 77.6 Å². The van der Waals surface area contributed by atoms with Gasteiger partial charge in [0.25, 0.3) is 5.91 Å². The zero-order valence-electron chi connectivity index (χ0n) is 16.7. The van der Waals surface area contributed by atoms with Crippen molar-refractivity contribution < 1.29 is 13.6 Å². The predicted octanol–water partition coefficient (Wildman–Crippen LogP) is 3.38. The lowest BCUT2D eigenvalue weighted by molar-refractivity contribution is 0.101. The average molecular weight is 433 g/mol. The highest BCUT2D eigenvalue weighted by Crippen LogP contribution is 2.23. The van der Waals surface area contributed by atoms with E-state index in [-0.39, 0.29) is 23.0 Å². The van der Waals surface area contributed by atoms with Gasteiger partial charge in [-0.3, -0.25) is 10.2 Å². The van der Waals surface area contributed by atoms with Crippen molar-refractivity contribution >= 4 is 28.2 Å². The Morgan fingerprint density at radius 3 is 2.44 bits per heavy atom. The van der Waals surface area contributed by atoms with Crippen LogP contribution in [-0.4, -0.2) is 49.9 Å². The van der Waals surface area contributed by atoms with Gasteiger partial charge in [0.05, 0.1) is 5.69 Å². The van der Waals surface area contributed by atoms with Gasteiger partial charge >= 0.3 is 0 Å². The number of nitrogens with zero attached hydrogens (tertiary/aromatic N) is 5. The van der Waals surface area contributed by atoms with E-state index >= 15 is 0 Å². The molecule has 0 atom stereocenters. The van der Waals surface area contributed by atoms with E-state index in [1.807, 2.05) is 11.0 Å². The number of fused-ring (bicyclic) bond motifs is 1. The Bertz CT molecular complexity index is 1360. The summed E-state index contributed by atoms with van der Waals surface area (Å²) in [5.41, 5.74) is 0.324. The molecule has 0 bridgehead atoms. The predicted molar refractivity (Wildman–Crippen MR) is 114 cm³/mol. The van der Waals surface area contributed by atoms with Crippen molar-refractivity contribution in [3.8, 4) is 5.69 Å². The van der Waals surface area contributed by atoms with E-state index in [2.05, 4.69) is 20.8 Å². The normalized spacial score (nSPS) is 13.1. The summed E-state index contributed by atoms with van der Waals surface area (Å²) in [6.45, 7) is 1.54. The molecule has 3 aromatic carbocycles. The first-order valence-corrected chi connectivity index (χ1v) is 9.93. The third-order valence-electron chi connectivity index (χ3n) is 5.38. The fourth-order valence-corrected chi connectivity index (χ4v) is 3.52. The number of likely N-dealkylation sites (tertiary alicyclic amines) is 1. The standard InChI is InChI=1S/C22H17F2N7O/c23-16-11-15(20(25)30-8-3-9-30)6-7-18(16)26-22(32)21-27-28-29-31(21)19-12-14-5-2-1-4-13(14)10-17(19)24/h1-2,4-7,10-12,25H,3,8-9H2,(H,26,32). The van der Waals surface area contributed by atoms with Crippen LogP contribution in [0.2, 0.25) is 0 Å². The highest BCUT2D eigenvalue weighted by Gasteiger charge is 2.22. The maximum atomic E-state index is 14.7. The van der Waals surface area contributed by atoms with Crippen LogP contribution >= 0.6 is 0 Å². The molecule has 0 radical (unpaired) electrons. The zero-order chi connectivity index (χ0) is 22.2. The van der Waals surface area contributed by atoms with Gasteiger partial charge in [0.15, 0.2) is 0 Å². The SMILES string of the molecule is N=C(c1ccc(NC(=O)c2nnnn2-c2cc3ccccc3cc2F)c(F)c1)N1CCC1. The van der Waals surface area contributed by atoms with Crippen LogP contribution < -0.4 is 5.32 Å². The molecule has 0 saturated carbocycles. The second-order valence-electron chi connectivity index (χ2n) is 7.40. The lowest BCUT2D eigenvalue weighted by Crippen LogP contribution is -2.42. The number of aromatic nitrogens is 4. The van der Waals surface area contributed by atoms with Crippen LogP contribution in [0.5, 0.6) is 0 Å². The Morgan fingerprint density at radius 2 is 1.75 bits per heavy atom. The summed E-state index contributed by atoms with van der Waals surface area (Å²) >= 11 is 0. The summed E-state index contributed by atoms with van der Waals surface area (Å²) in [6, 6.07) is 14.2. The number of nitrogens with one attached hydrogen (secondary N) is 2. The maximum Gasteiger partial charge on any atom is 0.295 e. The van der Waals surface area contributed by atoms with Gasteiger partial charge in [-0.15, -0.1) is 5.10 Å². The molecule has 4 aromatic rings. The van der Waals surface area contributed by atoms with Gasteiger partial charge in [0, 0.05) is 18.7 Å². The number of hydrogen-bond donors (Lipinski definition) is 2. The van der Waals surface area contributed by atoms with Crippen LogP contribution in [0.1, 0.15) is 22.6 Å². The molecule has 0 unspecified atom stereocenters. The molecule has 1 aliphatic rings. The summed E-state index contributed by atoms with van der Waals surface area (Å²) in [7, 11) is 0. The van der Waals surface area contributed by atoms with Crippen LogP contribution in [0.4, 0.5) is 14.5 Å². The van der Waals surface area contributed by atoms with E-state index in [4.69, 9.17) is 5.41 Å². The van der Waals surface area contributed by atoms with Gasteiger partial charge < -0.3 is 10.2 Å². The molecule has 1 aromatic heterocycles. The summed E-state index contributed by atoms with van der Waals surface area (Å²) in [5.74, 6) is -2.16. The second kappa shape index (κ2) is 7.80. The highest BCUT2D eigenvalue weighted by atomic mass is 19.1. The Labute approximate surface area is 181 Å². The summed E-state index contributed by atoms with van der Waals surface area (Å²) in [5, 5.41) is 22.9. The van der Waals surface area contributed by atoms with Crippen LogP contribution in [0.25, 0.3) is 16.5 Å². The van der Waals surface area contributed by atoms with Crippen molar-refractivity contribution in [1.82, 2.24) is 25.1 Å². The maximum absolute atomic E-state index is 14.7. The first kappa shape index (κ1) is 19.7. The van der Waals surface area contributed by atoms with Crippen LogP contribution in [-0.2, 0) is 0 Å². The minimum Gasteiger partial charge on any atom is -0.356 e. The van der Waals surface area contributed by atoms with Crippen molar-refractivity contribution in [1.29, 1.82) is 5.41 Å². The molecule has 1 amide bonds. The second-order valence-corrected chi connectivity index (χ2v) is 7.40. The van der Waals surface area contributed by atoms with Crippen molar-refractivity contribution in [2.45, 2.75) is 6.42 Å². The van der Waals surface area contributed by atoms with Gasteiger partial charge in [-0.05, 0) is 58.0 Å². The van der Waals surface area contributed by atoms with Gasteiger partial charge in [-0.2, -0.15) is 4.68 Å². The molecule has 0 spiro atoms. The number of amidine groups is 1. The molecule has 160 valence electrons. The molecule has 5 rings (SSSR count). The van der Waals surface area contributed by atoms with E-state index in [0.717, 1.165) is 29.6 Å². The molecule has 2 heterocycles. The smallest absolute Gasteiger partial charge is 0.295 e. The van der Waals surface area contributed by atoms with Gasteiger partial charge in [0.1, 0.15) is 23.2 Å². The van der Waals surface area contributed by atoms with Gasteiger partial charge in [0.2, 0.25) is 5.82 Å². The topological polar surface area (TPSA) is 99.8 Å². The molecular formula is C22H17F2N7O. The van der Waals surface area contributed by atoms with Crippen molar-refractivity contribution in [2.24, 2.45) is 0 Å². The van der Waals surface area contributed by atoms with Gasteiger partial charge in [-0.25, -0.2) is 8.78 Å². The van der Waals surface area contributed by atoms with E-state index in [0.29, 0.717) is 10.9 Å². The summed E-state index contributed by atoms with van der Waals surface area (Å²) in [4.78, 5) is 14.6. The Kier molecular flexibility index (Phi) is 4.81. The number of halogens is 2. The number of amides is 1. The molecule has 1 saturated heterocycles. The first-order valence-electron chi connectivity index (χ1n) is 9.93. The molecule has 8 nitrogen and oxygen atoms in total. The van der Waals surface area contributed by atoms with Crippen LogP contribution in [0.3, 0.4) is 0 Å². The number of hydrogen-bond acceptors (Lipinski definition) is 5. The minimum atomic E-state index is -0.799. The quantitative estimate of drug-likeness (QED) is 0.380. The van der Waals surface area contributed by atoms with Crippen LogP contribution in [0, 0.1) is 17.0 Å². The molecule has 10 heteroatoms. The van der Waals surface area contributed by atoms with Gasteiger partial charge in [-0.1, -0.05) is 24.3 Å². The number of anilines is 1. The van der Waals surface area contributed by atoms with E-state index in [1.165, 1.54) is 24.3 Å². The van der Waals surface area contributed by atoms with Crippen molar-refractivity contribution in [3.63, 3.8) is 0 Å². The molecule has 1 aliphatic heterocycles. The fourth-order valence-electron chi connectivity index (χ4n) is 3.52. The van der Waals surface area contributed by atoms with E-state index < -0.39 is 17.5 Å². The van der Waals surface area contributed by atoms with Crippen LogP contribution in [0.15, 0.2) is 54.6 Å². The molecule has 32 heavy (non-hydrogen) atoms. The molecule has 1 fully saturated rings. The largest absolute Gasteiger partial charge is 0.356 e. The Hall–Kier alpha value is -4.21. The first-order chi connectivity index (χ1) is 15.5. The highest BCUT2D eigenvalue weighted by molar-refractivity contribution is 6.03. The fraction of sp³-hybridized carbons (Fsp3) is 0.136. The van der Waals surface area contributed by atoms with E-state index in [9.17, 15) is 13.6 Å². The Morgan fingerprint density at radius 1 is 1.00 bits per heavy atom. The third kappa shape index (κ3) is 3.45. The third-order valence-corrected chi connectivity index (χ3v) is 5.38. The van der Waals surface area contributed by atoms with Crippen molar-refractivity contribution in [2.75, 3.05) is 18.4 Å². The summed E-state index contributed by atoms with van der Waals surface area (Å²) < 4.78 is 30.3. The molecule has 2 N–H and O–H groups in total. The number of tetrazole rings is 1. The lowest BCUT2D eigenvalue weighted by atomic mass is 10.1. The number of benzene rings is 3. The van der Waals surface area contributed by atoms with E-state index in [1.54, 1.807) is 24.3 Å². The number of carbonyl (C=O) groups is 1. The number of carbonyl (C=O) groups excluding carboxylic acids is 1. The zero-order valence-corrected chi connectivity index (χ0v) is 16.7. The Balaban J connectivity index is 1.42. The molecular weight excluding hydrogens is 416 g/mol. The summed E-state index contributed by atoms with van der Waals surface area (Å²) in [6.07, 6.45) is 1.01.